The molecule has 8 heteroatoms. The molecule has 174 valence electrons. The number of carbonyl (C=O) groups excluding carboxylic acids is 1. The van der Waals surface area contributed by atoms with Crippen LogP contribution in [0.25, 0.3) is 11.1 Å². The first kappa shape index (κ1) is 24.5. The summed E-state index contributed by atoms with van der Waals surface area (Å²) in [4.78, 5) is 14.8. The van der Waals surface area contributed by atoms with Crippen LogP contribution in [0.15, 0.2) is 78.9 Å². The van der Waals surface area contributed by atoms with Crippen LogP contribution in [0.2, 0.25) is 0 Å². The molecular formula is C25H23ClF3NO3. The number of hydrogen-bond donors (Lipinski definition) is 0. The summed E-state index contributed by atoms with van der Waals surface area (Å²) in [6.45, 7) is 1.58. The van der Waals surface area contributed by atoms with Crippen LogP contribution < -0.4 is 9.64 Å². The summed E-state index contributed by atoms with van der Waals surface area (Å²) in [5, 5.41) is 0. The molecule has 3 aromatic carbocycles. The van der Waals surface area contributed by atoms with Gasteiger partial charge < -0.3 is 14.4 Å². The number of nitrogens with zero attached hydrogens (tertiary/aromatic N) is 1. The Hall–Kier alpha value is -3.19. The van der Waals surface area contributed by atoms with Gasteiger partial charge in [0.2, 0.25) is 0 Å². The summed E-state index contributed by atoms with van der Waals surface area (Å²) in [5.41, 5.74) is 3.03. The lowest BCUT2D eigenvalue weighted by Gasteiger charge is -2.34. The van der Waals surface area contributed by atoms with Gasteiger partial charge in [-0.1, -0.05) is 42.5 Å². The van der Waals surface area contributed by atoms with Crippen LogP contribution in [0, 0.1) is 0 Å². The fraction of sp³-hybridized carbons (Fsp3) is 0.240. The van der Waals surface area contributed by atoms with E-state index in [9.17, 15) is 18.0 Å². The molecule has 1 heterocycles. The molecule has 4 nitrogen and oxygen atoms in total. The van der Waals surface area contributed by atoms with Gasteiger partial charge in [0, 0.05) is 12.2 Å². The van der Waals surface area contributed by atoms with E-state index in [4.69, 9.17) is 4.74 Å². The summed E-state index contributed by atoms with van der Waals surface area (Å²) >= 11 is 0. The second-order valence-electron chi connectivity index (χ2n) is 7.60. The lowest BCUT2D eigenvalue weighted by atomic mass is 10.0. The molecule has 0 aromatic heterocycles. The number of esters is 1. The van der Waals surface area contributed by atoms with Crippen molar-refractivity contribution in [2.24, 2.45) is 0 Å². The predicted molar refractivity (Wildman–Crippen MR) is 123 cm³/mol. The van der Waals surface area contributed by atoms with Crippen LogP contribution in [-0.4, -0.2) is 31.5 Å². The molecule has 1 atom stereocenters. The highest BCUT2D eigenvalue weighted by molar-refractivity contribution is 5.90. The van der Waals surface area contributed by atoms with Crippen molar-refractivity contribution in [2.75, 3.05) is 18.0 Å². The first-order valence-corrected chi connectivity index (χ1v) is 10.3. The predicted octanol–water partition coefficient (Wildman–Crippen LogP) is 6.50. The maximum absolute atomic E-state index is 12.6. The first-order valence-electron chi connectivity index (χ1n) is 10.3. The Morgan fingerprint density at radius 1 is 0.879 bits per heavy atom. The van der Waals surface area contributed by atoms with E-state index < -0.39 is 6.36 Å². The molecule has 0 bridgehead atoms. The number of para-hydroxylation sites is 1. The maximum atomic E-state index is 12.6. The number of carbonyl (C=O) groups is 1. The smallest absolute Gasteiger partial charge is 0.457 e. The van der Waals surface area contributed by atoms with Crippen LogP contribution in [0.4, 0.5) is 18.9 Å². The molecule has 1 aliphatic heterocycles. The highest BCUT2D eigenvalue weighted by Gasteiger charge is 2.31. The zero-order chi connectivity index (χ0) is 22.6. The van der Waals surface area contributed by atoms with Gasteiger partial charge in [-0.15, -0.1) is 25.6 Å². The minimum Gasteiger partial charge on any atom is -0.457 e. The van der Waals surface area contributed by atoms with Crippen molar-refractivity contribution >= 4 is 24.1 Å². The van der Waals surface area contributed by atoms with Crippen LogP contribution in [-0.2, 0) is 4.74 Å². The number of rotatable bonds is 5. The Morgan fingerprint density at radius 2 is 1.48 bits per heavy atom. The minimum atomic E-state index is -4.72. The molecule has 0 spiro atoms. The van der Waals surface area contributed by atoms with E-state index in [-0.39, 0.29) is 30.2 Å². The second kappa shape index (κ2) is 10.6. The first-order chi connectivity index (χ1) is 15.4. The van der Waals surface area contributed by atoms with Gasteiger partial charge in [0.05, 0.1) is 12.1 Å². The number of piperidine rings is 1. The van der Waals surface area contributed by atoms with Crippen molar-refractivity contribution in [1.29, 1.82) is 0 Å². The van der Waals surface area contributed by atoms with Crippen molar-refractivity contribution in [1.82, 2.24) is 0 Å². The zero-order valence-electron chi connectivity index (χ0n) is 17.6. The van der Waals surface area contributed by atoms with E-state index in [1.807, 2.05) is 30.3 Å². The second-order valence-corrected chi connectivity index (χ2v) is 7.60. The van der Waals surface area contributed by atoms with E-state index >= 15 is 0 Å². The monoisotopic (exact) mass is 477 g/mol. The number of benzene rings is 3. The Balaban J connectivity index is 0.00000306. The zero-order valence-corrected chi connectivity index (χ0v) is 18.4. The van der Waals surface area contributed by atoms with Crippen molar-refractivity contribution in [2.45, 2.75) is 25.3 Å². The van der Waals surface area contributed by atoms with E-state index in [0.717, 1.165) is 30.6 Å². The third kappa shape index (κ3) is 6.65. The molecule has 0 radical (unpaired) electrons. The summed E-state index contributed by atoms with van der Waals surface area (Å²) in [7, 11) is 0. The molecule has 3 aromatic rings. The molecule has 1 saturated heterocycles. The van der Waals surface area contributed by atoms with Gasteiger partial charge in [-0.25, -0.2) is 4.79 Å². The van der Waals surface area contributed by atoms with E-state index in [1.165, 1.54) is 24.3 Å². The molecule has 4 rings (SSSR count). The summed E-state index contributed by atoms with van der Waals surface area (Å²) < 4.78 is 46.5. The topological polar surface area (TPSA) is 38.8 Å². The summed E-state index contributed by atoms with van der Waals surface area (Å²) in [6.07, 6.45) is -3.14. The third-order valence-electron chi connectivity index (χ3n) is 5.32. The van der Waals surface area contributed by atoms with Gasteiger partial charge in [-0.3, -0.25) is 0 Å². The van der Waals surface area contributed by atoms with Gasteiger partial charge in [-0.05, 0) is 60.4 Å². The van der Waals surface area contributed by atoms with Crippen LogP contribution in [0.5, 0.6) is 5.75 Å². The lowest BCUT2D eigenvalue weighted by Crippen LogP contribution is -2.40. The SMILES string of the molecule is Cl.O=C(OC1CCCN(c2ccccc2)C1)c1ccc(-c2ccc(OC(F)(F)F)cc2)cc1. The average molecular weight is 478 g/mol. The van der Waals surface area contributed by atoms with Crippen LogP contribution in [0.3, 0.4) is 0 Å². The number of alkyl halides is 3. The van der Waals surface area contributed by atoms with Crippen LogP contribution >= 0.6 is 12.4 Å². The standard InChI is InChI=1S/C25H22F3NO3.ClH/c26-25(27,28)32-22-14-12-19(13-15-22)18-8-10-20(11-9-18)24(30)31-23-7-4-16-29(17-23)21-5-2-1-3-6-21;/h1-3,5-6,8-15,23H,4,7,16-17H2;1H. The summed E-state index contributed by atoms with van der Waals surface area (Å²) in [5.74, 6) is -0.663. The third-order valence-corrected chi connectivity index (χ3v) is 5.32. The minimum absolute atomic E-state index is 0. The molecule has 0 saturated carbocycles. The molecule has 0 aliphatic carbocycles. The molecule has 0 amide bonds. The van der Waals surface area contributed by atoms with E-state index in [0.29, 0.717) is 17.7 Å². The molecule has 1 unspecified atom stereocenters. The Kier molecular flexibility index (Phi) is 7.87. The highest BCUT2D eigenvalue weighted by atomic mass is 35.5. The normalized spacial score (nSPS) is 16.0. The molecule has 0 N–H and O–H groups in total. The number of ether oxygens (including phenoxy) is 2. The van der Waals surface area contributed by atoms with Crippen molar-refractivity contribution in [3.05, 3.63) is 84.4 Å². The summed E-state index contributed by atoms with van der Waals surface area (Å²) in [6, 6.07) is 22.4. The largest absolute Gasteiger partial charge is 0.573 e. The van der Waals surface area contributed by atoms with Crippen molar-refractivity contribution in [3.8, 4) is 16.9 Å². The Morgan fingerprint density at radius 3 is 2.09 bits per heavy atom. The number of anilines is 1. The maximum Gasteiger partial charge on any atom is 0.573 e. The van der Waals surface area contributed by atoms with Gasteiger partial charge in [-0.2, -0.15) is 0 Å². The number of hydrogen-bond acceptors (Lipinski definition) is 4. The van der Waals surface area contributed by atoms with Gasteiger partial charge in [0.1, 0.15) is 11.9 Å². The average Bonchev–Trinajstić information content (AvgIpc) is 2.79. The highest BCUT2D eigenvalue weighted by Crippen LogP contribution is 2.27. The Bertz CT molecular complexity index is 1040. The molecular weight excluding hydrogens is 455 g/mol. The van der Waals surface area contributed by atoms with Gasteiger partial charge >= 0.3 is 12.3 Å². The molecule has 33 heavy (non-hydrogen) atoms. The van der Waals surface area contributed by atoms with E-state index in [2.05, 4.69) is 9.64 Å². The fourth-order valence-electron chi connectivity index (χ4n) is 3.77. The van der Waals surface area contributed by atoms with Gasteiger partial charge in [0.25, 0.3) is 0 Å². The number of halogens is 4. The Labute approximate surface area is 196 Å². The lowest BCUT2D eigenvalue weighted by molar-refractivity contribution is -0.274. The van der Waals surface area contributed by atoms with Crippen molar-refractivity contribution in [3.63, 3.8) is 0 Å². The van der Waals surface area contributed by atoms with Crippen LogP contribution in [0.1, 0.15) is 23.2 Å². The van der Waals surface area contributed by atoms with Crippen molar-refractivity contribution < 1.29 is 27.4 Å². The van der Waals surface area contributed by atoms with Gasteiger partial charge in [0.15, 0.2) is 0 Å². The van der Waals surface area contributed by atoms with E-state index in [1.54, 1.807) is 24.3 Å². The quantitative estimate of drug-likeness (QED) is 0.393. The molecule has 1 fully saturated rings. The fourth-order valence-corrected chi connectivity index (χ4v) is 3.77. The molecule has 1 aliphatic rings.